The summed E-state index contributed by atoms with van der Waals surface area (Å²) in [5, 5.41) is 7.84. The molecule has 0 fully saturated rings. The van der Waals surface area contributed by atoms with Gasteiger partial charge in [0.2, 0.25) is 5.91 Å². The van der Waals surface area contributed by atoms with Crippen LogP contribution >= 0.6 is 11.6 Å². The van der Waals surface area contributed by atoms with Gasteiger partial charge < -0.3 is 10.2 Å². The number of halogens is 4. The maximum atomic E-state index is 13.1. The van der Waals surface area contributed by atoms with Crippen molar-refractivity contribution in [1.82, 2.24) is 14.7 Å². The molecule has 3 rings (SSSR count). The van der Waals surface area contributed by atoms with Gasteiger partial charge in [0.15, 0.2) is 0 Å². The first-order valence-electron chi connectivity index (χ1n) is 11.3. The lowest BCUT2D eigenvalue weighted by molar-refractivity contribution is -0.137. The minimum atomic E-state index is -4.59. The Kier molecular flexibility index (Phi) is 7.83. The normalized spacial score (nSPS) is 12.1. The lowest BCUT2D eigenvalue weighted by Crippen LogP contribution is -2.42. The quantitative estimate of drug-likeness (QED) is 0.413. The Hall–Kier alpha value is -3.33. The first kappa shape index (κ1) is 27.3. The molecule has 0 aliphatic rings. The van der Waals surface area contributed by atoms with Crippen molar-refractivity contribution in [3.63, 3.8) is 0 Å². The van der Waals surface area contributed by atoms with Gasteiger partial charge in [-0.3, -0.25) is 9.59 Å². The minimum absolute atomic E-state index is 0.151. The van der Waals surface area contributed by atoms with Crippen molar-refractivity contribution in [3.8, 4) is 5.69 Å². The van der Waals surface area contributed by atoms with E-state index >= 15 is 0 Å². The molecule has 0 bridgehead atoms. The van der Waals surface area contributed by atoms with Crippen molar-refractivity contribution in [1.29, 1.82) is 0 Å². The summed E-state index contributed by atoms with van der Waals surface area (Å²) in [4.78, 5) is 27.3. The molecule has 1 aromatic heterocycles. The van der Waals surface area contributed by atoms with Crippen molar-refractivity contribution >= 4 is 29.2 Å². The summed E-state index contributed by atoms with van der Waals surface area (Å²) in [5.41, 5.74) is -0.137. The van der Waals surface area contributed by atoms with Crippen molar-refractivity contribution in [3.05, 3.63) is 76.4 Å². The number of rotatable bonds is 6. The Morgan fingerprint density at radius 2 is 1.72 bits per heavy atom. The molecule has 36 heavy (non-hydrogen) atoms. The predicted octanol–water partition coefficient (Wildman–Crippen LogP) is 6.33. The van der Waals surface area contributed by atoms with Crippen molar-refractivity contribution < 1.29 is 22.8 Å². The third kappa shape index (κ3) is 6.26. The lowest BCUT2D eigenvalue weighted by Gasteiger charge is -2.26. The van der Waals surface area contributed by atoms with Crippen LogP contribution in [0, 0.1) is 0 Å². The first-order valence-corrected chi connectivity index (χ1v) is 11.7. The summed E-state index contributed by atoms with van der Waals surface area (Å²) >= 11 is 6.36. The third-order valence-electron chi connectivity index (χ3n) is 5.46. The Labute approximate surface area is 213 Å². The first-order chi connectivity index (χ1) is 16.7. The number of hydrogen-bond donors (Lipinski definition) is 1. The van der Waals surface area contributed by atoms with E-state index in [-0.39, 0.29) is 17.5 Å². The van der Waals surface area contributed by atoms with Gasteiger partial charge in [-0.05, 0) is 44.2 Å². The summed E-state index contributed by atoms with van der Waals surface area (Å²) in [6, 6.07) is 12.5. The predicted molar refractivity (Wildman–Crippen MR) is 134 cm³/mol. The van der Waals surface area contributed by atoms with E-state index in [0.717, 1.165) is 12.1 Å². The molecule has 0 saturated carbocycles. The van der Waals surface area contributed by atoms with E-state index in [1.54, 1.807) is 44.2 Å². The van der Waals surface area contributed by atoms with Gasteiger partial charge in [0.05, 0.1) is 22.0 Å². The maximum absolute atomic E-state index is 13.1. The van der Waals surface area contributed by atoms with Crippen molar-refractivity contribution in [2.75, 3.05) is 11.9 Å². The molecule has 1 N–H and O–H groups in total. The fourth-order valence-corrected chi connectivity index (χ4v) is 3.68. The van der Waals surface area contributed by atoms with Gasteiger partial charge in [-0.1, -0.05) is 50.6 Å². The molecule has 0 unspecified atom stereocenters. The van der Waals surface area contributed by atoms with Crippen LogP contribution in [0.25, 0.3) is 5.69 Å². The van der Waals surface area contributed by atoms with Crippen LogP contribution in [-0.4, -0.2) is 39.1 Å². The van der Waals surface area contributed by atoms with E-state index in [1.807, 2.05) is 20.8 Å². The number of nitrogens with zero attached hydrogens (tertiary/aromatic N) is 3. The number of anilines is 1. The summed E-state index contributed by atoms with van der Waals surface area (Å²) in [6.45, 7) is 8.94. The highest BCUT2D eigenvalue weighted by Crippen LogP contribution is 2.31. The number of benzene rings is 2. The van der Waals surface area contributed by atoms with Gasteiger partial charge in [-0.15, -0.1) is 0 Å². The van der Waals surface area contributed by atoms with Crippen LogP contribution in [0.4, 0.5) is 19.0 Å². The van der Waals surface area contributed by atoms with Gasteiger partial charge in [0.1, 0.15) is 12.4 Å². The standard InChI is InChI=1S/C26H28ClF3N4O2/c1-16(2)33(24(36)17-9-8-10-18(13-17)26(28,29)30)15-23(35)31-22-14-21(25(3,4)5)32-34(22)20-12-7-6-11-19(20)27/h6-14,16H,15H2,1-5H3,(H,31,35). The number of alkyl halides is 3. The topological polar surface area (TPSA) is 67.2 Å². The number of aromatic nitrogens is 2. The van der Waals surface area contributed by atoms with E-state index in [1.165, 1.54) is 21.7 Å². The molecule has 2 aromatic carbocycles. The molecule has 3 aromatic rings. The van der Waals surface area contributed by atoms with E-state index in [2.05, 4.69) is 10.4 Å². The average molecular weight is 521 g/mol. The van der Waals surface area contributed by atoms with Crippen LogP contribution in [0.3, 0.4) is 0 Å². The molecule has 0 atom stereocenters. The zero-order valence-corrected chi connectivity index (χ0v) is 21.4. The monoisotopic (exact) mass is 520 g/mol. The average Bonchev–Trinajstić information content (AvgIpc) is 3.20. The molecule has 192 valence electrons. The van der Waals surface area contributed by atoms with Crippen LogP contribution in [0.1, 0.15) is 56.2 Å². The fourth-order valence-electron chi connectivity index (χ4n) is 3.46. The summed E-state index contributed by atoms with van der Waals surface area (Å²) < 4.78 is 40.9. The zero-order valence-electron chi connectivity index (χ0n) is 20.7. The van der Waals surface area contributed by atoms with E-state index in [4.69, 9.17) is 11.6 Å². The Morgan fingerprint density at radius 1 is 1.06 bits per heavy atom. The van der Waals surface area contributed by atoms with Crippen LogP contribution in [-0.2, 0) is 16.4 Å². The van der Waals surface area contributed by atoms with Gasteiger partial charge in [-0.2, -0.15) is 18.3 Å². The van der Waals surface area contributed by atoms with Gasteiger partial charge >= 0.3 is 6.18 Å². The Bertz CT molecular complexity index is 1260. The largest absolute Gasteiger partial charge is 0.416 e. The van der Waals surface area contributed by atoms with E-state index in [9.17, 15) is 22.8 Å². The van der Waals surface area contributed by atoms with Gasteiger partial charge in [0, 0.05) is 23.1 Å². The summed E-state index contributed by atoms with van der Waals surface area (Å²) in [6.07, 6.45) is -4.59. The summed E-state index contributed by atoms with van der Waals surface area (Å²) in [5.74, 6) is -0.854. The molecular formula is C26H28ClF3N4O2. The molecule has 0 saturated heterocycles. The summed E-state index contributed by atoms with van der Waals surface area (Å²) in [7, 11) is 0. The molecule has 10 heteroatoms. The highest BCUT2D eigenvalue weighted by atomic mass is 35.5. The SMILES string of the molecule is CC(C)N(CC(=O)Nc1cc(C(C)(C)C)nn1-c1ccccc1Cl)C(=O)c1cccc(C(F)(F)F)c1. The molecule has 2 amide bonds. The number of carbonyl (C=O) groups excluding carboxylic acids is 2. The zero-order chi connectivity index (χ0) is 26.8. The van der Waals surface area contributed by atoms with Crippen molar-refractivity contribution in [2.24, 2.45) is 0 Å². The highest BCUT2D eigenvalue weighted by molar-refractivity contribution is 6.32. The number of nitrogens with one attached hydrogen (secondary N) is 1. The Morgan fingerprint density at radius 3 is 2.31 bits per heavy atom. The molecule has 0 spiro atoms. The fraction of sp³-hybridized carbons (Fsp3) is 0.346. The van der Waals surface area contributed by atoms with E-state index < -0.39 is 29.6 Å². The molecule has 0 aliphatic carbocycles. The lowest BCUT2D eigenvalue weighted by atomic mass is 9.92. The van der Waals surface area contributed by atoms with Crippen LogP contribution < -0.4 is 5.32 Å². The molecule has 0 aliphatic heterocycles. The van der Waals surface area contributed by atoms with Crippen LogP contribution in [0.2, 0.25) is 5.02 Å². The highest BCUT2D eigenvalue weighted by Gasteiger charge is 2.32. The number of para-hydroxylation sites is 1. The minimum Gasteiger partial charge on any atom is -0.327 e. The number of hydrogen-bond acceptors (Lipinski definition) is 3. The molecular weight excluding hydrogens is 493 g/mol. The maximum Gasteiger partial charge on any atom is 0.416 e. The smallest absolute Gasteiger partial charge is 0.327 e. The number of amides is 2. The van der Waals surface area contributed by atoms with Gasteiger partial charge in [-0.25, -0.2) is 4.68 Å². The van der Waals surface area contributed by atoms with Crippen LogP contribution in [0.5, 0.6) is 0 Å². The molecule has 6 nitrogen and oxygen atoms in total. The third-order valence-corrected chi connectivity index (χ3v) is 5.78. The number of carbonyl (C=O) groups is 2. The van der Waals surface area contributed by atoms with Gasteiger partial charge in [0.25, 0.3) is 5.91 Å². The molecule has 0 radical (unpaired) electrons. The second-order valence-electron chi connectivity index (χ2n) is 9.68. The Balaban J connectivity index is 1.89. The second kappa shape index (κ2) is 10.3. The van der Waals surface area contributed by atoms with Crippen molar-refractivity contribution in [2.45, 2.75) is 52.3 Å². The molecule has 1 heterocycles. The second-order valence-corrected chi connectivity index (χ2v) is 10.1. The van der Waals surface area contributed by atoms with E-state index in [0.29, 0.717) is 22.2 Å². The van der Waals surface area contributed by atoms with Crippen LogP contribution in [0.15, 0.2) is 54.6 Å².